The van der Waals surface area contributed by atoms with Crippen LogP contribution in [-0.2, 0) is 13.1 Å². The standard InChI is InChI=1S/C20H22FN3O4/c1-24(11-13-5-7-14(21)8-6-13)12-17-22-20(23-28-17)15-9-10-16(25-2)19(27-4)18(15)26-3/h5-10H,11-12H2,1-4H3. The van der Waals surface area contributed by atoms with Crippen LogP contribution in [0.4, 0.5) is 4.39 Å². The van der Waals surface area contributed by atoms with Gasteiger partial charge in [0, 0.05) is 6.54 Å². The molecular formula is C20H22FN3O4. The fourth-order valence-electron chi connectivity index (χ4n) is 2.89. The predicted molar refractivity (Wildman–Crippen MR) is 101 cm³/mol. The molecule has 0 saturated carbocycles. The lowest BCUT2D eigenvalue weighted by atomic mass is 10.1. The highest BCUT2D eigenvalue weighted by molar-refractivity contribution is 5.71. The predicted octanol–water partition coefficient (Wildman–Crippen LogP) is 3.53. The van der Waals surface area contributed by atoms with E-state index in [0.717, 1.165) is 5.56 Å². The summed E-state index contributed by atoms with van der Waals surface area (Å²) in [5.41, 5.74) is 1.63. The number of hydrogen-bond acceptors (Lipinski definition) is 7. The van der Waals surface area contributed by atoms with Crippen LogP contribution in [0.3, 0.4) is 0 Å². The van der Waals surface area contributed by atoms with Gasteiger partial charge in [0.25, 0.3) is 0 Å². The number of aromatic nitrogens is 2. The van der Waals surface area contributed by atoms with Gasteiger partial charge in [0.1, 0.15) is 5.82 Å². The summed E-state index contributed by atoms with van der Waals surface area (Å²) in [5, 5.41) is 4.06. The SMILES string of the molecule is COc1ccc(-c2noc(CN(C)Cc3ccc(F)cc3)n2)c(OC)c1OC. The van der Waals surface area contributed by atoms with Crippen LogP contribution in [0, 0.1) is 5.82 Å². The van der Waals surface area contributed by atoms with Gasteiger partial charge in [-0.05, 0) is 36.9 Å². The third-order valence-corrected chi connectivity index (χ3v) is 4.18. The van der Waals surface area contributed by atoms with E-state index in [2.05, 4.69) is 10.1 Å². The minimum atomic E-state index is -0.253. The van der Waals surface area contributed by atoms with Crippen molar-refractivity contribution in [3.8, 4) is 28.6 Å². The summed E-state index contributed by atoms with van der Waals surface area (Å²) in [6, 6.07) is 9.93. The highest BCUT2D eigenvalue weighted by Crippen LogP contribution is 2.43. The summed E-state index contributed by atoms with van der Waals surface area (Å²) in [7, 11) is 6.55. The van der Waals surface area contributed by atoms with E-state index in [1.165, 1.54) is 26.4 Å². The van der Waals surface area contributed by atoms with Gasteiger partial charge in [-0.3, -0.25) is 4.90 Å². The highest BCUT2D eigenvalue weighted by atomic mass is 19.1. The number of ether oxygens (including phenoxy) is 3. The molecule has 3 aromatic rings. The minimum Gasteiger partial charge on any atom is -0.493 e. The molecule has 0 fully saturated rings. The van der Waals surface area contributed by atoms with Crippen LogP contribution < -0.4 is 14.2 Å². The van der Waals surface area contributed by atoms with E-state index in [1.807, 2.05) is 11.9 Å². The fourth-order valence-corrected chi connectivity index (χ4v) is 2.89. The van der Waals surface area contributed by atoms with Crippen molar-refractivity contribution in [3.05, 3.63) is 53.7 Å². The molecule has 0 aliphatic rings. The Bertz CT molecular complexity index is 928. The number of rotatable bonds is 8. The van der Waals surface area contributed by atoms with Crippen molar-refractivity contribution in [2.24, 2.45) is 0 Å². The van der Waals surface area contributed by atoms with Gasteiger partial charge in [-0.1, -0.05) is 17.3 Å². The quantitative estimate of drug-likeness (QED) is 0.586. The molecule has 2 aromatic carbocycles. The molecule has 1 aromatic heterocycles. The average molecular weight is 387 g/mol. The molecule has 8 heteroatoms. The summed E-state index contributed by atoms with van der Waals surface area (Å²) in [6.07, 6.45) is 0. The second kappa shape index (κ2) is 8.71. The molecule has 148 valence electrons. The Labute approximate surface area is 162 Å². The number of nitrogens with zero attached hydrogens (tertiary/aromatic N) is 3. The van der Waals surface area contributed by atoms with Crippen molar-refractivity contribution in [2.75, 3.05) is 28.4 Å². The maximum atomic E-state index is 13.0. The summed E-state index contributed by atoms with van der Waals surface area (Å²) in [6.45, 7) is 1.07. The lowest BCUT2D eigenvalue weighted by molar-refractivity contribution is 0.261. The maximum Gasteiger partial charge on any atom is 0.241 e. The number of hydrogen-bond donors (Lipinski definition) is 0. The van der Waals surface area contributed by atoms with Crippen molar-refractivity contribution in [3.63, 3.8) is 0 Å². The molecule has 0 spiro atoms. The van der Waals surface area contributed by atoms with E-state index in [-0.39, 0.29) is 5.82 Å². The van der Waals surface area contributed by atoms with E-state index < -0.39 is 0 Å². The Morgan fingerprint density at radius 2 is 1.64 bits per heavy atom. The zero-order valence-electron chi connectivity index (χ0n) is 16.2. The number of methoxy groups -OCH3 is 3. The van der Waals surface area contributed by atoms with E-state index in [4.69, 9.17) is 18.7 Å². The average Bonchev–Trinajstić information content (AvgIpc) is 3.16. The Balaban J connectivity index is 1.77. The van der Waals surface area contributed by atoms with Crippen LogP contribution in [-0.4, -0.2) is 43.4 Å². The molecule has 1 heterocycles. The van der Waals surface area contributed by atoms with Crippen molar-refractivity contribution < 1.29 is 23.1 Å². The van der Waals surface area contributed by atoms with E-state index in [1.54, 1.807) is 31.4 Å². The molecule has 28 heavy (non-hydrogen) atoms. The van der Waals surface area contributed by atoms with Crippen LogP contribution >= 0.6 is 0 Å². The topological polar surface area (TPSA) is 69.9 Å². The molecule has 0 unspecified atom stereocenters. The third kappa shape index (κ3) is 4.23. The summed E-state index contributed by atoms with van der Waals surface area (Å²) >= 11 is 0. The van der Waals surface area contributed by atoms with Crippen LogP contribution in [0.15, 0.2) is 40.9 Å². The van der Waals surface area contributed by atoms with Gasteiger partial charge in [-0.15, -0.1) is 0 Å². The molecule has 0 radical (unpaired) electrons. The van der Waals surface area contributed by atoms with Gasteiger partial charge in [-0.25, -0.2) is 4.39 Å². The third-order valence-electron chi connectivity index (χ3n) is 4.18. The largest absolute Gasteiger partial charge is 0.493 e. The van der Waals surface area contributed by atoms with Gasteiger partial charge in [0.2, 0.25) is 17.5 Å². The van der Waals surface area contributed by atoms with Crippen LogP contribution in [0.25, 0.3) is 11.4 Å². The van der Waals surface area contributed by atoms with Crippen LogP contribution in [0.2, 0.25) is 0 Å². The summed E-state index contributed by atoms with van der Waals surface area (Å²) in [4.78, 5) is 6.46. The molecule has 0 bridgehead atoms. The Morgan fingerprint density at radius 3 is 2.29 bits per heavy atom. The normalized spacial score (nSPS) is 10.9. The summed E-state index contributed by atoms with van der Waals surface area (Å²) in [5.74, 6) is 2.07. The Morgan fingerprint density at radius 1 is 0.929 bits per heavy atom. The maximum absolute atomic E-state index is 13.0. The second-order valence-electron chi connectivity index (χ2n) is 6.19. The summed E-state index contributed by atoms with van der Waals surface area (Å²) < 4.78 is 34.6. The van der Waals surface area contributed by atoms with Gasteiger partial charge in [0.05, 0.1) is 33.4 Å². The monoisotopic (exact) mass is 387 g/mol. The highest BCUT2D eigenvalue weighted by Gasteiger charge is 2.21. The number of halogens is 1. The molecule has 0 aliphatic heterocycles. The second-order valence-corrected chi connectivity index (χ2v) is 6.19. The van der Waals surface area contributed by atoms with Crippen LogP contribution in [0.5, 0.6) is 17.2 Å². The first kappa shape index (κ1) is 19.6. The van der Waals surface area contributed by atoms with Gasteiger partial charge in [-0.2, -0.15) is 4.98 Å². The van der Waals surface area contributed by atoms with Gasteiger partial charge >= 0.3 is 0 Å². The van der Waals surface area contributed by atoms with Crippen molar-refractivity contribution in [1.29, 1.82) is 0 Å². The van der Waals surface area contributed by atoms with Gasteiger partial charge in [0.15, 0.2) is 11.5 Å². The molecule has 3 rings (SSSR count). The first-order valence-corrected chi connectivity index (χ1v) is 8.60. The van der Waals surface area contributed by atoms with E-state index >= 15 is 0 Å². The Kier molecular flexibility index (Phi) is 6.10. The van der Waals surface area contributed by atoms with E-state index in [9.17, 15) is 4.39 Å². The smallest absolute Gasteiger partial charge is 0.241 e. The zero-order valence-corrected chi connectivity index (χ0v) is 16.2. The lowest BCUT2D eigenvalue weighted by Crippen LogP contribution is -2.17. The minimum absolute atomic E-state index is 0.253. The van der Waals surface area contributed by atoms with Crippen molar-refractivity contribution in [1.82, 2.24) is 15.0 Å². The first-order valence-electron chi connectivity index (χ1n) is 8.60. The lowest BCUT2D eigenvalue weighted by Gasteiger charge is -2.14. The van der Waals surface area contributed by atoms with Gasteiger partial charge < -0.3 is 18.7 Å². The van der Waals surface area contributed by atoms with Crippen LogP contribution in [0.1, 0.15) is 11.5 Å². The van der Waals surface area contributed by atoms with Crippen molar-refractivity contribution in [2.45, 2.75) is 13.1 Å². The fraction of sp³-hybridized carbons (Fsp3) is 0.300. The van der Waals surface area contributed by atoms with Crippen molar-refractivity contribution >= 4 is 0 Å². The molecule has 0 aliphatic carbocycles. The molecule has 0 amide bonds. The molecule has 0 N–H and O–H groups in total. The molecule has 0 atom stereocenters. The molecule has 0 saturated heterocycles. The van der Waals surface area contributed by atoms with E-state index in [0.29, 0.717) is 47.6 Å². The first-order chi connectivity index (χ1) is 13.5. The Hall–Kier alpha value is -3.13. The molecular weight excluding hydrogens is 365 g/mol. The molecule has 7 nitrogen and oxygen atoms in total. The zero-order chi connectivity index (χ0) is 20.1. The number of benzene rings is 2.